The molecule has 2 heterocycles. The van der Waals surface area contributed by atoms with Gasteiger partial charge in [0.1, 0.15) is 16.6 Å². The molecule has 3 rings (SSSR count). The van der Waals surface area contributed by atoms with Crippen LogP contribution in [0.3, 0.4) is 0 Å². The molecule has 2 aliphatic rings. The van der Waals surface area contributed by atoms with E-state index in [9.17, 15) is 0 Å². The first-order valence-corrected chi connectivity index (χ1v) is 8.53. The average molecular weight is 307 g/mol. The van der Waals surface area contributed by atoms with Crippen molar-refractivity contribution >= 4 is 12.2 Å². The van der Waals surface area contributed by atoms with Crippen LogP contribution in [-0.4, -0.2) is 40.6 Å². The quantitative estimate of drug-likeness (QED) is 0.673. The Labute approximate surface area is 131 Å². The molecule has 1 N–H and O–H groups in total. The van der Waals surface area contributed by atoms with E-state index in [1.54, 1.807) is 0 Å². The molecule has 1 aliphatic heterocycles. The fourth-order valence-corrected chi connectivity index (χ4v) is 3.60. The normalized spacial score (nSPS) is 23.9. The van der Waals surface area contributed by atoms with E-state index in [1.165, 1.54) is 30.5 Å². The van der Waals surface area contributed by atoms with Crippen molar-refractivity contribution in [2.45, 2.75) is 58.1 Å². The third-order valence-electron chi connectivity index (χ3n) is 4.61. The number of rotatable bonds is 2. The van der Waals surface area contributed by atoms with Crippen LogP contribution < -0.4 is 0 Å². The Morgan fingerprint density at radius 3 is 2.90 bits per heavy atom. The molecule has 0 bridgehead atoms. The highest BCUT2D eigenvalue weighted by Crippen LogP contribution is 2.25. The molecular formula is C16H25N3OS. The van der Waals surface area contributed by atoms with Crippen molar-refractivity contribution in [2.75, 3.05) is 19.7 Å². The van der Waals surface area contributed by atoms with Gasteiger partial charge >= 0.3 is 0 Å². The number of aromatic amines is 1. The molecule has 1 unspecified atom stereocenters. The molecule has 21 heavy (non-hydrogen) atoms. The summed E-state index contributed by atoms with van der Waals surface area (Å²) in [5.74, 6) is 0.922. The first kappa shape index (κ1) is 15.1. The Bertz CT molecular complexity index is 555. The van der Waals surface area contributed by atoms with E-state index in [2.05, 4.69) is 28.7 Å². The van der Waals surface area contributed by atoms with Gasteiger partial charge < -0.3 is 9.72 Å². The van der Waals surface area contributed by atoms with Crippen LogP contribution in [0, 0.1) is 4.64 Å². The van der Waals surface area contributed by atoms with Gasteiger partial charge in [-0.15, -0.1) is 0 Å². The summed E-state index contributed by atoms with van der Waals surface area (Å²) >= 11 is 5.54. The third kappa shape index (κ3) is 3.35. The molecule has 0 spiro atoms. The zero-order valence-corrected chi connectivity index (χ0v) is 13.8. The van der Waals surface area contributed by atoms with Crippen LogP contribution in [0.1, 0.15) is 56.3 Å². The summed E-state index contributed by atoms with van der Waals surface area (Å²) in [6, 6.07) is 0.542. The van der Waals surface area contributed by atoms with Gasteiger partial charge in [0, 0.05) is 30.4 Å². The molecule has 0 aromatic carbocycles. The van der Waals surface area contributed by atoms with Crippen molar-refractivity contribution in [1.82, 2.24) is 14.9 Å². The summed E-state index contributed by atoms with van der Waals surface area (Å²) < 4.78 is 6.72. The fourth-order valence-electron chi connectivity index (χ4n) is 3.27. The molecule has 4 nitrogen and oxygen atoms in total. The third-order valence-corrected chi connectivity index (χ3v) is 4.95. The zero-order chi connectivity index (χ0) is 14.8. The smallest absolute Gasteiger partial charge is 0.138 e. The molecule has 1 aliphatic carbocycles. The summed E-state index contributed by atoms with van der Waals surface area (Å²) in [5.41, 5.74) is 2.57. The Morgan fingerprint density at radius 1 is 1.29 bits per heavy atom. The number of nitrogens with one attached hydrogen (secondary N) is 1. The van der Waals surface area contributed by atoms with Crippen molar-refractivity contribution in [3.8, 4) is 0 Å². The second-order valence-corrected chi connectivity index (χ2v) is 6.78. The Hall–Kier alpha value is -0.780. The van der Waals surface area contributed by atoms with Gasteiger partial charge in [0.25, 0.3) is 0 Å². The van der Waals surface area contributed by atoms with Gasteiger partial charge in [-0.05, 0) is 39.5 Å². The van der Waals surface area contributed by atoms with Crippen LogP contribution in [0.25, 0.3) is 0 Å². The molecule has 0 saturated carbocycles. The number of morpholine rings is 1. The van der Waals surface area contributed by atoms with Crippen molar-refractivity contribution in [1.29, 1.82) is 0 Å². The lowest BCUT2D eigenvalue weighted by Gasteiger charge is -2.35. The molecule has 1 aromatic rings. The number of H-pyrrole nitrogens is 1. The second kappa shape index (κ2) is 6.55. The Morgan fingerprint density at radius 2 is 2.10 bits per heavy atom. The minimum absolute atomic E-state index is 0.0244. The number of ether oxygens (including phenoxy) is 1. The molecule has 1 atom stereocenters. The number of aromatic nitrogens is 2. The molecule has 5 heteroatoms. The first-order chi connectivity index (χ1) is 10.1. The maximum atomic E-state index is 5.94. The lowest BCUT2D eigenvalue weighted by Crippen LogP contribution is -2.42. The van der Waals surface area contributed by atoms with Crippen LogP contribution in [-0.2, 0) is 17.6 Å². The molecule has 1 aromatic heterocycles. The van der Waals surface area contributed by atoms with Crippen LogP contribution in [0.2, 0.25) is 0 Å². The summed E-state index contributed by atoms with van der Waals surface area (Å²) in [4.78, 5) is 10.6. The highest BCUT2D eigenvalue weighted by Gasteiger charge is 2.26. The second-order valence-electron chi connectivity index (χ2n) is 6.39. The summed E-state index contributed by atoms with van der Waals surface area (Å²) in [6.07, 6.45) is 5.94. The molecule has 0 radical (unpaired) electrons. The van der Waals surface area contributed by atoms with E-state index in [4.69, 9.17) is 17.0 Å². The molecule has 1 saturated heterocycles. The van der Waals surface area contributed by atoms with Gasteiger partial charge in [-0.25, -0.2) is 4.98 Å². The van der Waals surface area contributed by atoms with Gasteiger partial charge in [-0.2, -0.15) is 0 Å². The van der Waals surface area contributed by atoms with Gasteiger partial charge in [0.2, 0.25) is 0 Å². The van der Waals surface area contributed by atoms with E-state index in [0.717, 1.165) is 43.0 Å². The van der Waals surface area contributed by atoms with E-state index in [1.807, 2.05) is 0 Å². The predicted octanol–water partition coefficient (Wildman–Crippen LogP) is 3.19. The van der Waals surface area contributed by atoms with Crippen LogP contribution >= 0.6 is 12.2 Å². The van der Waals surface area contributed by atoms with Crippen molar-refractivity contribution in [3.05, 3.63) is 21.7 Å². The average Bonchev–Trinajstić information content (AvgIpc) is 2.73. The monoisotopic (exact) mass is 307 g/mol. The number of nitrogens with zero attached hydrogens (tertiary/aromatic N) is 2. The summed E-state index contributed by atoms with van der Waals surface area (Å²) in [5, 5.41) is 0. The Balaban J connectivity index is 1.87. The van der Waals surface area contributed by atoms with Crippen molar-refractivity contribution in [2.24, 2.45) is 0 Å². The SMILES string of the molecule is CC(C)N1CCOC(c2nc(=S)c3c([nH]2)CCCCC3)C1. The van der Waals surface area contributed by atoms with E-state index in [-0.39, 0.29) is 6.10 Å². The van der Waals surface area contributed by atoms with Crippen LogP contribution in [0.4, 0.5) is 0 Å². The number of aryl methyl sites for hydroxylation is 1. The zero-order valence-electron chi connectivity index (χ0n) is 13.0. The highest BCUT2D eigenvalue weighted by atomic mass is 32.1. The molecular weight excluding hydrogens is 282 g/mol. The van der Waals surface area contributed by atoms with Gasteiger partial charge in [-0.1, -0.05) is 18.6 Å². The van der Waals surface area contributed by atoms with Crippen molar-refractivity contribution < 1.29 is 4.74 Å². The van der Waals surface area contributed by atoms with Crippen LogP contribution in [0.5, 0.6) is 0 Å². The summed E-state index contributed by atoms with van der Waals surface area (Å²) in [7, 11) is 0. The predicted molar refractivity (Wildman–Crippen MR) is 86.1 cm³/mol. The fraction of sp³-hybridized carbons (Fsp3) is 0.750. The lowest BCUT2D eigenvalue weighted by atomic mass is 10.1. The molecule has 116 valence electrons. The first-order valence-electron chi connectivity index (χ1n) is 8.13. The standard InChI is InChI=1S/C16H25N3OS/c1-11(2)19-8-9-20-14(10-19)15-17-13-7-5-3-4-6-12(13)16(21)18-15/h11,14H,3-10H2,1-2H3,(H,17,18,21). The topological polar surface area (TPSA) is 41.1 Å². The Kier molecular flexibility index (Phi) is 4.72. The van der Waals surface area contributed by atoms with Crippen LogP contribution in [0.15, 0.2) is 0 Å². The maximum absolute atomic E-state index is 5.94. The summed E-state index contributed by atoms with van der Waals surface area (Å²) in [6.45, 7) is 7.13. The largest absolute Gasteiger partial charge is 0.368 e. The number of hydrogen-bond donors (Lipinski definition) is 1. The number of hydrogen-bond acceptors (Lipinski definition) is 4. The van der Waals surface area contributed by atoms with Gasteiger partial charge in [0.05, 0.1) is 6.61 Å². The number of fused-ring (bicyclic) bond motifs is 1. The van der Waals surface area contributed by atoms with E-state index in [0.29, 0.717) is 6.04 Å². The minimum Gasteiger partial charge on any atom is -0.368 e. The van der Waals surface area contributed by atoms with Crippen molar-refractivity contribution in [3.63, 3.8) is 0 Å². The van der Waals surface area contributed by atoms with Gasteiger partial charge in [0.15, 0.2) is 0 Å². The molecule has 1 fully saturated rings. The highest BCUT2D eigenvalue weighted by molar-refractivity contribution is 7.71. The molecule has 0 amide bonds. The minimum atomic E-state index is 0.0244. The lowest BCUT2D eigenvalue weighted by molar-refractivity contribution is -0.0444. The van der Waals surface area contributed by atoms with E-state index >= 15 is 0 Å². The van der Waals surface area contributed by atoms with E-state index < -0.39 is 0 Å². The maximum Gasteiger partial charge on any atom is 0.138 e. The van der Waals surface area contributed by atoms with Gasteiger partial charge in [-0.3, -0.25) is 4.90 Å².